The van der Waals surface area contributed by atoms with Gasteiger partial charge in [-0.15, -0.1) is 0 Å². The van der Waals surface area contributed by atoms with E-state index in [1.54, 1.807) is 13.0 Å². The smallest absolute Gasteiger partial charge is 0.314 e. The predicted molar refractivity (Wildman–Crippen MR) is 62.6 cm³/mol. The van der Waals surface area contributed by atoms with Crippen molar-refractivity contribution in [2.45, 2.75) is 31.6 Å². The van der Waals surface area contributed by atoms with Crippen LogP contribution in [0.3, 0.4) is 0 Å². The number of rotatable bonds is 3. The highest BCUT2D eigenvalue weighted by Crippen LogP contribution is 2.49. The van der Waals surface area contributed by atoms with Gasteiger partial charge >= 0.3 is 5.97 Å². The molecule has 1 aliphatic carbocycles. The van der Waals surface area contributed by atoms with Crippen LogP contribution in [0.2, 0.25) is 0 Å². The number of carboxylic acids is 1. The summed E-state index contributed by atoms with van der Waals surface area (Å²) in [5.74, 6) is -0.247. The second-order valence-electron chi connectivity index (χ2n) is 4.58. The van der Waals surface area contributed by atoms with Crippen LogP contribution in [0.1, 0.15) is 30.4 Å². The van der Waals surface area contributed by atoms with Crippen molar-refractivity contribution < 1.29 is 19.7 Å². The molecule has 0 unspecified atom stereocenters. The molecule has 0 amide bonds. The Morgan fingerprint density at radius 3 is 2.47 bits per heavy atom. The van der Waals surface area contributed by atoms with Crippen LogP contribution in [0, 0.1) is 6.92 Å². The predicted octanol–water partition coefficient (Wildman–Crippen LogP) is 2.22. The normalized spacial score (nSPS) is 17.3. The van der Waals surface area contributed by atoms with E-state index >= 15 is 0 Å². The molecule has 92 valence electrons. The molecule has 0 aromatic heterocycles. The van der Waals surface area contributed by atoms with Crippen molar-refractivity contribution in [2.24, 2.45) is 0 Å². The van der Waals surface area contributed by atoms with E-state index in [0.29, 0.717) is 24.2 Å². The molecule has 2 N–H and O–H groups in total. The molecule has 0 atom stereocenters. The minimum absolute atomic E-state index is 0.1000. The molecular weight excluding hydrogens is 220 g/mol. The van der Waals surface area contributed by atoms with E-state index in [1.165, 1.54) is 13.2 Å². The van der Waals surface area contributed by atoms with Crippen molar-refractivity contribution in [2.75, 3.05) is 7.11 Å². The first kappa shape index (κ1) is 11.8. The fourth-order valence-electron chi connectivity index (χ4n) is 2.61. The highest BCUT2D eigenvalue weighted by atomic mass is 16.5. The summed E-state index contributed by atoms with van der Waals surface area (Å²) in [5, 5.41) is 18.9. The van der Waals surface area contributed by atoms with Crippen molar-refractivity contribution in [3.8, 4) is 11.5 Å². The maximum absolute atomic E-state index is 11.5. The van der Waals surface area contributed by atoms with Crippen molar-refractivity contribution in [1.29, 1.82) is 0 Å². The number of aliphatic carboxylic acids is 1. The van der Waals surface area contributed by atoms with Gasteiger partial charge in [-0.25, -0.2) is 0 Å². The summed E-state index contributed by atoms with van der Waals surface area (Å²) in [5.41, 5.74) is 0.642. The summed E-state index contributed by atoms with van der Waals surface area (Å²) in [6.07, 6.45) is 2.17. The highest BCUT2D eigenvalue weighted by molar-refractivity contribution is 5.84. The van der Waals surface area contributed by atoms with Crippen molar-refractivity contribution in [3.05, 3.63) is 23.3 Å². The van der Waals surface area contributed by atoms with Crippen LogP contribution < -0.4 is 4.74 Å². The van der Waals surface area contributed by atoms with E-state index in [1.807, 2.05) is 0 Å². The summed E-state index contributed by atoms with van der Waals surface area (Å²) >= 11 is 0. The van der Waals surface area contributed by atoms with Gasteiger partial charge in [-0.05, 0) is 31.4 Å². The molecule has 4 nitrogen and oxygen atoms in total. The summed E-state index contributed by atoms with van der Waals surface area (Å²) in [4.78, 5) is 11.5. The lowest BCUT2D eigenvalue weighted by Crippen LogP contribution is -2.43. The summed E-state index contributed by atoms with van der Waals surface area (Å²) in [6, 6.07) is 3.06. The van der Waals surface area contributed by atoms with Gasteiger partial charge in [-0.3, -0.25) is 4.79 Å². The standard InChI is InChI=1S/C13H16O4/c1-8-6-9(14)7-10(17-2)11(8)13(12(15)16)4-3-5-13/h6-7,14H,3-5H2,1-2H3,(H,15,16). The SMILES string of the molecule is COc1cc(O)cc(C)c1C1(C(=O)O)CCC1. The molecule has 0 heterocycles. The number of hydrogen-bond donors (Lipinski definition) is 2. The molecule has 17 heavy (non-hydrogen) atoms. The Morgan fingerprint density at radius 2 is 2.06 bits per heavy atom. The Balaban J connectivity index is 2.61. The Bertz CT molecular complexity index is 461. The number of phenolic OH excluding ortho intramolecular Hbond substituents is 1. The maximum Gasteiger partial charge on any atom is 0.314 e. The number of carbonyl (C=O) groups is 1. The number of benzene rings is 1. The molecule has 4 heteroatoms. The molecule has 1 saturated carbocycles. The quantitative estimate of drug-likeness (QED) is 0.844. The Morgan fingerprint density at radius 1 is 1.41 bits per heavy atom. The van der Waals surface area contributed by atoms with E-state index < -0.39 is 11.4 Å². The second-order valence-corrected chi connectivity index (χ2v) is 4.58. The lowest BCUT2D eigenvalue weighted by atomic mass is 9.63. The van der Waals surface area contributed by atoms with Crippen molar-refractivity contribution in [1.82, 2.24) is 0 Å². The van der Waals surface area contributed by atoms with Gasteiger partial charge < -0.3 is 14.9 Å². The molecule has 2 rings (SSSR count). The number of aryl methyl sites for hydroxylation is 1. The summed E-state index contributed by atoms with van der Waals surface area (Å²) in [6.45, 7) is 1.81. The van der Waals surface area contributed by atoms with Gasteiger partial charge in [0.25, 0.3) is 0 Å². The van der Waals surface area contributed by atoms with Crippen molar-refractivity contribution in [3.63, 3.8) is 0 Å². The minimum Gasteiger partial charge on any atom is -0.508 e. The Hall–Kier alpha value is -1.71. The molecular formula is C13H16O4. The van der Waals surface area contributed by atoms with E-state index in [4.69, 9.17) is 4.74 Å². The monoisotopic (exact) mass is 236 g/mol. The molecule has 0 bridgehead atoms. The Labute approximate surface area is 99.8 Å². The number of ether oxygens (including phenoxy) is 1. The van der Waals surface area contributed by atoms with E-state index in [9.17, 15) is 15.0 Å². The van der Waals surface area contributed by atoms with Gasteiger partial charge in [-0.1, -0.05) is 6.42 Å². The number of hydrogen-bond acceptors (Lipinski definition) is 3. The second kappa shape index (κ2) is 3.95. The molecule has 1 aromatic rings. The van der Waals surface area contributed by atoms with Crippen LogP contribution in [0.15, 0.2) is 12.1 Å². The molecule has 0 radical (unpaired) electrons. The van der Waals surface area contributed by atoms with Crippen LogP contribution in [0.5, 0.6) is 11.5 Å². The van der Waals surface area contributed by atoms with Gasteiger partial charge in [-0.2, -0.15) is 0 Å². The van der Waals surface area contributed by atoms with Crippen molar-refractivity contribution >= 4 is 5.97 Å². The zero-order valence-electron chi connectivity index (χ0n) is 9.99. The van der Waals surface area contributed by atoms with E-state index in [0.717, 1.165) is 12.0 Å². The molecule has 0 aliphatic heterocycles. The lowest BCUT2D eigenvalue weighted by molar-refractivity contribution is -0.147. The van der Waals surface area contributed by atoms with Gasteiger partial charge in [0, 0.05) is 11.6 Å². The van der Waals surface area contributed by atoms with Gasteiger partial charge in [0.05, 0.1) is 12.5 Å². The fraction of sp³-hybridized carbons (Fsp3) is 0.462. The summed E-state index contributed by atoms with van der Waals surface area (Å²) in [7, 11) is 1.49. The third-order valence-corrected chi connectivity index (χ3v) is 3.60. The molecule has 1 fully saturated rings. The van der Waals surface area contributed by atoms with E-state index in [-0.39, 0.29) is 5.75 Å². The van der Waals surface area contributed by atoms with Gasteiger partial charge in [0.2, 0.25) is 0 Å². The fourth-order valence-corrected chi connectivity index (χ4v) is 2.61. The average Bonchev–Trinajstić information content (AvgIpc) is 2.18. The summed E-state index contributed by atoms with van der Waals surface area (Å²) < 4.78 is 5.22. The third-order valence-electron chi connectivity index (χ3n) is 3.60. The first-order valence-corrected chi connectivity index (χ1v) is 5.63. The van der Waals surface area contributed by atoms with Crippen LogP contribution in [-0.4, -0.2) is 23.3 Å². The highest BCUT2D eigenvalue weighted by Gasteiger charge is 2.48. The van der Waals surface area contributed by atoms with Crippen LogP contribution in [0.25, 0.3) is 0 Å². The lowest BCUT2D eigenvalue weighted by Gasteiger charge is -2.39. The number of phenols is 1. The maximum atomic E-state index is 11.5. The van der Waals surface area contributed by atoms with Crippen LogP contribution >= 0.6 is 0 Å². The van der Waals surface area contributed by atoms with Crippen LogP contribution in [0.4, 0.5) is 0 Å². The molecule has 1 aliphatic rings. The number of carboxylic acid groups (broad SMARTS) is 1. The third kappa shape index (κ3) is 1.64. The van der Waals surface area contributed by atoms with Gasteiger partial charge in [0.1, 0.15) is 11.5 Å². The largest absolute Gasteiger partial charge is 0.508 e. The average molecular weight is 236 g/mol. The number of methoxy groups -OCH3 is 1. The Kier molecular flexibility index (Phi) is 2.73. The van der Waals surface area contributed by atoms with Crippen LogP contribution in [-0.2, 0) is 10.2 Å². The first-order valence-electron chi connectivity index (χ1n) is 5.63. The van der Waals surface area contributed by atoms with Gasteiger partial charge in [0.15, 0.2) is 0 Å². The minimum atomic E-state index is -0.830. The molecule has 1 aromatic carbocycles. The number of aromatic hydroxyl groups is 1. The van der Waals surface area contributed by atoms with E-state index in [2.05, 4.69) is 0 Å². The zero-order chi connectivity index (χ0) is 12.6. The topological polar surface area (TPSA) is 66.8 Å². The molecule has 0 spiro atoms. The zero-order valence-corrected chi connectivity index (χ0v) is 9.99. The first-order chi connectivity index (χ1) is 8.01. The molecule has 0 saturated heterocycles.